The maximum Gasteiger partial charge on any atom is 0.159 e. The van der Waals surface area contributed by atoms with Crippen LogP contribution < -0.4 is 10.6 Å². The van der Waals surface area contributed by atoms with Gasteiger partial charge in [0.1, 0.15) is 11.3 Å². The Morgan fingerprint density at radius 2 is 1.89 bits per heavy atom. The molecule has 35 heavy (non-hydrogen) atoms. The Morgan fingerprint density at radius 1 is 1.09 bits per heavy atom. The van der Waals surface area contributed by atoms with Crippen LogP contribution in [0.25, 0.3) is 32.5 Å². The summed E-state index contributed by atoms with van der Waals surface area (Å²) in [5.74, 6) is 1.32. The van der Waals surface area contributed by atoms with Gasteiger partial charge in [0, 0.05) is 48.0 Å². The molecule has 0 spiro atoms. The van der Waals surface area contributed by atoms with E-state index in [-0.39, 0.29) is 24.8 Å². The Bertz CT molecular complexity index is 1360. The number of hydrogen-bond donors (Lipinski definition) is 2. The van der Waals surface area contributed by atoms with Crippen LogP contribution in [0.15, 0.2) is 24.5 Å². The summed E-state index contributed by atoms with van der Waals surface area (Å²) < 4.78 is 6.57. The second-order valence-corrected chi connectivity index (χ2v) is 10.9. The number of rotatable bonds is 3. The predicted octanol–water partition coefficient (Wildman–Crippen LogP) is 5.69. The lowest BCUT2D eigenvalue weighted by Crippen LogP contribution is -2.47. The molecule has 3 atom stereocenters. The third kappa shape index (κ3) is 4.08. The molecule has 11 heteroatoms. The Hall–Kier alpha value is -1.68. The van der Waals surface area contributed by atoms with Gasteiger partial charge in [-0.05, 0) is 38.2 Å². The molecule has 0 amide bonds. The number of nitrogens with zero attached hydrogens (tertiary/aromatic N) is 4. The van der Waals surface area contributed by atoms with Crippen molar-refractivity contribution in [2.24, 2.45) is 5.73 Å². The molecule has 7 nitrogen and oxygen atoms in total. The van der Waals surface area contributed by atoms with E-state index >= 15 is 0 Å². The van der Waals surface area contributed by atoms with Crippen LogP contribution in [-0.2, 0) is 4.74 Å². The number of anilines is 1. The van der Waals surface area contributed by atoms with Gasteiger partial charge in [0.05, 0.1) is 33.1 Å². The van der Waals surface area contributed by atoms with Crippen LogP contribution in [0.2, 0.25) is 5.02 Å². The number of fused-ring (bicyclic) bond motifs is 4. The van der Waals surface area contributed by atoms with Crippen molar-refractivity contribution < 1.29 is 4.74 Å². The minimum Gasteiger partial charge on any atom is -0.381 e. The first-order valence-electron chi connectivity index (χ1n) is 11.7. The minimum absolute atomic E-state index is 0. The third-order valence-corrected chi connectivity index (χ3v) is 9.24. The topological polar surface area (TPSA) is 93.0 Å². The standard InChI is InChI=1S/C24H25ClN6OS.2ClH/c25-20-16(3-4-18-22(20)33-24(29-18)12-5-6-32-11-12)17-9-28-23-21(17)27-10-19(30-23)31-14-1-2-15(31)8-13(26)7-14;;/h3-4,9-10,12-15H,1-2,5-8,11,26H2,(H,28,30);2*1H. The van der Waals surface area contributed by atoms with E-state index in [1.165, 1.54) is 12.8 Å². The van der Waals surface area contributed by atoms with Crippen molar-refractivity contribution in [3.63, 3.8) is 0 Å². The number of aromatic nitrogens is 4. The van der Waals surface area contributed by atoms with E-state index in [1.54, 1.807) is 11.3 Å². The van der Waals surface area contributed by atoms with Gasteiger partial charge in [-0.15, -0.1) is 36.2 Å². The van der Waals surface area contributed by atoms with Gasteiger partial charge >= 0.3 is 0 Å². The molecule has 3 aliphatic heterocycles. The molecule has 0 saturated carbocycles. The zero-order valence-corrected chi connectivity index (χ0v) is 22.2. The number of benzene rings is 1. The second-order valence-electron chi connectivity index (χ2n) is 9.54. The highest BCUT2D eigenvalue weighted by Crippen LogP contribution is 2.42. The number of thiazole rings is 1. The first kappa shape index (κ1) is 25.0. The fourth-order valence-electron chi connectivity index (χ4n) is 5.90. The summed E-state index contributed by atoms with van der Waals surface area (Å²) in [4.78, 5) is 20.4. The summed E-state index contributed by atoms with van der Waals surface area (Å²) in [6, 6.07) is 5.36. The molecule has 3 aliphatic rings. The molecule has 4 aromatic rings. The number of H-pyrrole nitrogens is 1. The van der Waals surface area contributed by atoms with E-state index < -0.39 is 0 Å². The van der Waals surface area contributed by atoms with Crippen LogP contribution in [0.5, 0.6) is 0 Å². The average molecular weight is 554 g/mol. The van der Waals surface area contributed by atoms with Crippen molar-refractivity contribution >= 4 is 75.0 Å². The van der Waals surface area contributed by atoms with Gasteiger partial charge in [0.15, 0.2) is 5.65 Å². The highest BCUT2D eigenvalue weighted by molar-refractivity contribution is 7.19. The quantitative estimate of drug-likeness (QED) is 0.338. The smallest absolute Gasteiger partial charge is 0.159 e. The number of hydrogen-bond acceptors (Lipinski definition) is 7. The predicted molar refractivity (Wildman–Crippen MR) is 147 cm³/mol. The Balaban J connectivity index is 0.00000127. The van der Waals surface area contributed by atoms with Crippen LogP contribution in [0.4, 0.5) is 5.82 Å². The molecule has 0 aliphatic carbocycles. The van der Waals surface area contributed by atoms with Crippen LogP contribution >= 0.6 is 47.8 Å². The summed E-state index contributed by atoms with van der Waals surface area (Å²) in [7, 11) is 0. The van der Waals surface area contributed by atoms with Crippen LogP contribution in [-0.4, -0.2) is 51.3 Å². The van der Waals surface area contributed by atoms with Gasteiger partial charge in [0.25, 0.3) is 0 Å². The molecule has 1 aromatic carbocycles. The summed E-state index contributed by atoms with van der Waals surface area (Å²) in [6.07, 6.45) is 9.35. The average Bonchev–Trinajstić information content (AvgIpc) is 3.59. The monoisotopic (exact) mass is 552 g/mol. The molecule has 3 aromatic heterocycles. The van der Waals surface area contributed by atoms with Gasteiger partial charge in [-0.2, -0.15) is 0 Å². The molecular weight excluding hydrogens is 527 g/mol. The number of piperidine rings is 1. The molecule has 3 saturated heterocycles. The van der Waals surface area contributed by atoms with Crippen molar-refractivity contribution in [1.82, 2.24) is 19.9 Å². The van der Waals surface area contributed by atoms with Gasteiger partial charge in [0.2, 0.25) is 0 Å². The van der Waals surface area contributed by atoms with Crippen molar-refractivity contribution in [3.05, 3.63) is 34.6 Å². The minimum atomic E-state index is 0. The van der Waals surface area contributed by atoms with Gasteiger partial charge in [-0.25, -0.2) is 15.0 Å². The number of nitrogens with two attached hydrogens (primary N) is 1. The maximum absolute atomic E-state index is 6.92. The Kier molecular flexibility index (Phi) is 6.89. The molecule has 6 heterocycles. The molecule has 3 N–H and O–H groups in total. The molecule has 7 rings (SSSR count). The summed E-state index contributed by atoms with van der Waals surface area (Å²) >= 11 is 8.60. The Labute approximate surface area is 224 Å². The van der Waals surface area contributed by atoms with E-state index in [2.05, 4.69) is 16.0 Å². The number of halogens is 3. The first-order chi connectivity index (χ1) is 16.2. The fourth-order valence-corrected chi connectivity index (χ4v) is 7.40. The van der Waals surface area contributed by atoms with E-state index in [1.807, 2.05) is 18.5 Å². The molecule has 186 valence electrons. The SMILES string of the molecule is Cl.Cl.NC1CC2CCC(C1)N2c1cnc2c(-c3ccc4nc(C5CCOC5)sc4c3Cl)c[nH]c2n1. The second kappa shape index (κ2) is 9.65. The van der Waals surface area contributed by atoms with Crippen molar-refractivity contribution in [2.45, 2.75) is 56.1 Å². The number of aromatic amines is 1. The largest absolute Gasteiger partial charge is 0.381 e. The van der Waals surface area contributed by atoms with Crippen molar-refractivity contribution in [2.75, 3.05) is 18.1 Å². The fraction of sp³-hybridized carbons (Fsp3) is 0.458. The molecule has 3 unspecified atom stereocenters. The summed E-state index contributed by atoms with van der Waals surface area (Å²) in [5, 5.41) is 1.84. The third-order valence-electron chi connectivity index (χ3n) is 7.48. The van der Waals surface area contributed by atoms with Gasteiger partial charge in [-0.3, -0.25) is 0 Å². The van der Waals surface area contributed by atoms with Gasteiger partial charge < -0.3 is 20.4 Å². The van der Waals surface area contributed by atoms with E-state index in [0.29, 0.717) is 24.0 Å². The highest BCUT2D eigenvalue weighted by atomic mass is 35.5. The molecule has 3 fully saturated rings. The van der Waals surface area contributed by atoms with Crippen molar-refractivity contribution in [1.29, 1.82) is 0 Å². The lowest BCUT2D eigenvalue weighted by Gasteiger charge is -2.38. The highest BCUT2D eigenvalue weighted by Gasteiger charge is 2.40. The maximum atomic E-state index is 6.92. The zero-order valence-electron chi connectivity index (χ0n) is 18.9. The molecule has 0 radical (unpaired) electrons. The Morgan fingerprint density at radius 3 is 2.63 bits per heavy atom. The van der Waals surface area contributed by atoms with E-state index in [4.69, 9.17) is 37.0 Å². The van der Waals surface area contributed by atoms with Crippen LogP contribution in [0.1, 0.15) is 43.0 Å². The number of ether oxygens (including phenoxy) is 1. The normalized spacial score (nSPS) is 25.7. The van der Waals surface area contributed by atoms with E-state index in [9.17, 15) is 0 Å². The van der Waals surface area contributed by atoms with Crippen molar-refractivity contribution in [3.8, 4) is 11.1 Å². The number of nitrogens with one attached hydrogen (secondary N) is 1. The van der Waals surface area contributed by atoms with Crippen LogP contribution in [0, 0.1) is 0 Å². The van der Waals surface area contributed by atoms with Gasteiger partial charge in [-0.1, -0.05) is 17.7 Å². The molecule has 2 bridgehead atoms. The molecular formula is C24H27Cl3N6OS. The lowest BCUT2D eigenvalue weighted by atomic mass is 9.98. The lowest BCUT2D eigenvalue weighted by molar-refractivity contribution is 0.194. The van der Waals surface area contributed by atoms with Crippen LogP contribution in [0.3, 0.4) is 0 Å². The first-order valence-corrected chi connectivity index (χ1v) is 12.9. The summed E-state index contributed by atoms with van der Waals surface area (Å²) in [6.45, 7) is 1.55. The zero-order chi connectivity index (χ0) is 22.1. The van der Waals surface area contributed by atoms with E-state index in [0.717, 1.165) is 80.8 Å². The summed E-state index contributed by atoms with van der Waals surface area (Å²) in [5.41, 5.74) is 10.8.